The fraction of sp³-hybridized carbons (Fsp3) is 0.500. The summed E-state index contributed by atoms with van der Waals surface area (Å²) in [5.74, 6) is 1.13. The number of nitrogens with two attached hydrogens (primary N) is 1. The standard InChI is InChI=1S/C16H21N5O3S/c1-10-12(5-7-24-10)15-18-19-16(20(15)2)25-9-13(22)21-6-3-4-11(8-21)14(17)23/h5,7,11H,3-4,6,8-9H2,1-2H3,(H2,17,23)/t11-/m1/s1. The van der Waals surface area contributed by atoms with Gasteiger partial charge in [-0.25, -0.2) is 0 Å². The molecule has 2 aromatic rings. The number of hydrogen-bond donors (Lipinski definition) is 1. The summed E-state index contributed by atoms with van der Waals surface area (Å²) in [6, 6.07) is 1.84. The number of likely N-dealkylation sites (tertiary alicyclic amines) is 1. The molecule has 1 aliphatic heterocycles. The highest BCUT2D eigenvalue weighted by atomic mass is 32.2. The van der Waals surface area contributed by atoms with Crippen molar-refractivity contribution in [2.45, 2.75) is 24.9 Å². The van der Waals surface area contributed by atoms with Crippen molar-refractivity contribution >= 4 is 23.6 Å². The molecule has 8 nitrogen and oxygen atoms in total. The van der Waals surface area contributed by atoms with Gasteiger partial charge in [0.25, 0.3) is 0 Å². The van der Waals surface area contributed by atoms with Crippen molar-refractivity contribution in [2.75, 3.05) is 18.8 Å². The van der Waals surface area contributed by atoms with Crippen LogP contribution in [0.1, 0.15) is 18.6 Å². The van der Waals surface area contributed by atoms with Gasteiger partial charge < -0.3 is 19.6 Å². The Kier molecular flexibility index (Phi) is 5.12. The Hall–Kier alpha value is -2.29. The first-order chi connectivity index (χ1) is 12.0. The van der Waals surface area contributed by atoms with Crippen molar-refractivity contribution < 1.29 is 14.0 Å². The highest BCUT2D eigenvalue weighted by Crippen LogP contribution is 2.26. The molecule has 0 saturated carbocycles. The van der Waals surface area contributed by atoms with Crippen molar-refractivity contribution in [3.8, 4) is 11.4 Å². The number of carbonyl (C=O) groups is 2. The predicted octanol–water partition coefficient (Wildman–Crippen LogP) is 1.20. The second-order valence-corrected chi connectivity index (χ2v) is 7.07. The first-order valence-electron chi connectivity index (χ1n) is 8.11. The lowest BCUT2D eigenvalue weighted by Gasteiger charge is -2.31. The SMILES string of the molecule is Cc1occc1-c1nnc(SCC(=O)N2CCC[C@@H](C(N)=O)C2)n1C. The van der Waals surface area contributed by atoms with Gasteiger partial charge in [0.2, 0.25) is 11.8 Å². The zero-order chi connectivity index (χ0) is 18.0. The van der Waals surface area contributed by atoms with Gasteiger partial charge in [-0.05, 0) is 25.8 Å². The number of carbonyl (C=O) groups excluding carboxylic acids is 2. The minimum absolute atomic E-state index is 0.0139. The summed E-state index contributed by atoms with van der Waals surface area (Å²) in [6.07, 6.45) is 3.17. The van der Waals surface area contributed by atoms with Crippen molar-refractivity contribution in [3.05, 3.63) is 18.1 Å². The van der Waals surface area contributed by atoms with E-state index in [0.29, 0.717) is 24.1 Å². The average molecular weight is 363 g/mol. The second-order valence-electron chi connectivity index (χ2n) is 6.13. The molecule has 0 bridgehead atoms. The molecular formula is C16H21N5O3S. The first-order valence-corrected chi connectivity index (χ1v) is 9.09. The minimum Gasteiger partial charge on any atom is -0.469 e. The first kappa shape index (κ1) is 17.5. The van der Waals surface area contributed by atoms with Gasteiger partial charge in [-0.3, -0.25) is 9.59 Å². The Labute approximate surface area is 149 Å². The van der Waals surface area contributed by atoms with E-state index in [-0.39, 0.29) is 23.5 Å². The van der Waals surface area contributed by atoms with E-state index in [2.05, 4.69) is 10.2 Å². The van der Waals surface area contributed by atoms with Crippen LogP contribution in [0.5, 0.6) is 0 Å². The summed E-state index contributed by atoms with van der Waals surface area (Å²) >= 11 is 1.33. The smallest absolute Gasteiger partial charge is 0.233 e. The number of nitrogens with zero attached hydrogens (tertiary/aromatic N) is 4. The van der Waals surface area contributed by atoms with E-state index in [0.717, 1.165) is 24.2 Å². The van der Waals surface area contributed by atoms with Crippen molar-refractivity contribution in [3.63, 3.8) is 0 Å². The van der Waals surface area contributed by atoms with Crippen LogP contribution in [-0.2, 0) is 16.6 Å². The molecule has 1 saturated heterocycles. The lowest BCUT2D eigenvalue weighted by Crippen LogP contribution is -2.44. The molecule has 0 unspecified atom stereocenters. The van der Waals surface area contributed by atoms with E-state index in [1.54, 1.807) is 11.2 Å². The molecule has 2 N–H and O–H groups in total. The second kappa shape index (κ2) is 7.30. The molecule has 1 fully saturated rings. The number of amides is 2. The molecule has 3 rings (SSSR count). The maximum Gasteiger partial charge on any atom is 0.233 e. The molecule has 2 amide bonds. The maximum atomic E-state index is 12.4. The lowest BCUT2D eigenvalue weighted by molar-refractivity contribution is -0.132. The summed E-state index contributed by atoms with van der Waals surface area (Å²) in [5, 5.41) is 9.01. The van der Waals surface area contributed by atoms with Crippen LogP contribution in [0.25, 0.3) is 11.4 Å². The van der Waals surface area contributed by atoms with Crippen LogP contribution < -0.4 is 5.73 Å². The summed E-state index contributed by atoms with van der Waals surface area (Å²) in [7, 11) is 1.86. The molecular weight excluding hydrogens is 342 g/mol. The van der Waals surface area contributed by atoms with Gasteiger partial charge >= 0.3 is 0 Å². The molecule has 9 heteroatoms. The fourth-order valence-electron chi connectivity index (χ4n) is 2.95. The van der Waals surface area contributed by atoms with Crippen LogP contribution in [0.3, 0.4) is 0 Å². The molecule has 0 radical (unpaired) electrons. The third-order valence-corrected chi connectivity index (χ3v) is 5.44. The van der Waals surface area contributed by atoms with Crippen LogP contribution in [0.2, 0.25) is 0 Å². The van der Waals surface area contributed by atoms with E-state index in [4.69, 9.17) is 10.2 Å². The molecule has 0 aliphatic carbocycles. The fourth-order valence-corrected chi connectivity index (χ4v) is 3.76. The monoisotopic (exact) mass is 363 g/mol. The number of aromatic nitrogens is 3. The minimum atomic E-state index is -0.335. The largest absolute Gasteiger partial charge is 0.469 e. The number of thioether (sulfide) groups is 1. The molecule has 2 aromatic heterocycles. The molecule has 1 atom stereocenters. The maximum absolute atomic E-state index is 12.4. The number of aryl methyl sites for hydroxylation is 1. The zero-order valence-electron chi connectivity index (χ0n) is 14.3. The Morgan fingerprint density at radius 1 is 1.44 bits per heavy atom. The van der Waals surface area contributed by atoms with Crippen LogP contribution in [-0.4, -0.2) is 50.3 Å². The highest BCUT2D eigenvalue weighted by Gasteiger charge is 2.27. The van der Waals surface area contributed by atoms with Gasteiger partial charge in [0.1, 0.15) is 5.76 Å². The van der Waals surface area contributed by atoms with E-state index in [9.17, 15) is 9.59 Å². The Morgan fingerprint density at radius 2 is 2.24 bits per heavy atom. The molecule has 134 valence electrons. The Balaban J connectivity index is 1.62. The van der Waals surface area contributed by atoms with Gasteiger partial charge in [0.15, 0.2) is 11.0 Å². The Morgan fingerprint density at radius 3 is 2.92 bits per heavy atom. The van der Waals surface area contributed by atoms with Crippen molar-refractivity contribution in [2.24, 2.45) is 18.7 Å². The van der Waals surface area contributed by atoms with Crippen LogP contribution >= 0.6 is 11.8 Å². The number of hydrogen-bond acceptors (Lipinski definition) is 6. The normalized spacial score (nSPS) is 17.7. The van der Waals surface area contributed by atoms with E-state index in [1.165, 1.54) is 11.8 Å². The number of furan rings is 1. The predicted molar refractivity (Wildman–Crippen MR) is 92.7 cm³/mol. The van der Waals surface area contributed by atoms with Crippen molar-refractivity contribution in [1.82, 2.24) is 19.7 Å². The third-order valence-electron chi connectivity index (χ3n) is 4.44. The molecule has 3 heterocycles. The van der Waals surface area contributed by atoms with E-state index >= 15 is 0 Å². The molecule has 1 aliphatic rings. The molecule has 0 spiro atoms. The van der Waals surface area contributed by atoms with Crippen molar-refractivity contribution in [1.29, 1.82) is 0 Å². The van der Waals surface area contributed by atoms with Gasteiger partial charge in [-0.2, -0.15) is 0 Å². The number of primary amides is 1. The lowest BCUT2D eigenvalue weighted by atomic mass is 9.97. The van der Waals surface area contributed by atoms with Crippen LogP contribution in [0, 0.1) is 12.8 Å². The third kappa shape index (κ3) is 3.71. The molecule has 25 heavy (non-hydrogen) atoms. The topological polar surface area (TPSA) is 107 Å². The quantitative estimate of drug-likeness (QED) is 0.800. The zero-order valence-corrected chi connectivity index (χ0v) is 15.1. The molecule has 0 aromatic carbocycles. The van der Waals surface area contributed by atoms with E-state index in [1.807, 2.05) is 24.6 Å². The summed E-state index contributed by atoms with van der Waals surface area (Å²) in [5.41, 5.74) is 6.25. The highest BCUT2D eigenvalue weighted by molar-refractivity contribution is 7.99. The number of rotatable bonds is 5. The summed E-state index contributed by atoms with van der Waals surface area (Å²) in [4.78, 5) is 25.5. The average Bonchev–Trinajstić information content (AvgIpc) is 3.18. The summed E-state index contributed by atoms with van der Waals surface area (Å²) < 4.78 is 7.15. The van der Waals surface area contributed by atoms with Crippen LogP contribution in [0.15, 0.2) is 21.9 Å². The van der Waals surface area contributed by atoms with Gasteiger partial charge in [-0.1, -0.05) is 11.8 Å². The van der Waals surface area contributed by atoms with Gasteiger partial charge in [0, 0.05) is 20.1 Å². The van der Waals surface area contributed by atoms with E-state index < -0.39 is 0 Å². The van der Waals surface area contributed by atoms with Crippen LogP contribution in [0.4, 0.5) is 0 Å². The Bertz CT molecular complexity index is 785. The summed E-state index contributed by atoms with van der Waals surface area (Å²) in [6.45, 7) is 2.94. The van der Waals surface area contributed by atoms with Gasteiger partial charge in [-0.15, -0.1) is 10.2 Å². The van der Waals surface area contributed by atoms with Gasteiger partial charge in [0.05, 0.1) is 23.5 Å². The number of piperidine rings is 1.